The molecule has 0 saturated heterocycles. The Bertz CT molecular complexity index is 1240. The number of carbonyl (C=O) groups excluding carboxylic acids is 2. The van der Waals surface area contributed by atoms with Crippen LogP contribution in [0.4, 0.5) is 20.2 Å². The van der Waals surface area contributed by atoms with Crippen molar-refractivity contribution < 1.29 is 28.0 Å². The molecular weight excluding hydrogens is 470 g/mol. The summed E-state index contributed by atoms with van der Waals surface area (Å²) < 4.78 is 29.1. The maximum absolute atomic E-state index is 13.0. The second kappa shape index (κ2) is 11.8. The van der Waals surface area contributed by atoms with Crippen LogP contribution in [0.25, 0.3) is 6.08 Å². The molecule has 1 N–H and O–H groups in total. The first-order valence-corrected chi connectivity index (χ1v) is 11.1. The van der Waals surface area contributed by atoms with Crippen LogP contribution in [0, 0.1) is 16.0 Å². The molecule has 3 aromatic rings. The Morgan fingerprint density at radius 2 is 1.56 bits per heavy atom. The summed E-state index contributed by atoms with van der Waals surface area (Å²) in [5, 5.41) is 13.6. The van der Waals surface area contributed by atoms with Crippen molar-refractivity contribution in [1.29, 1.82) is 0 Å². The molecule has 0 radical (unpaired) electrons. The van der Waals surface area contributed by atoms with Crippen LogP contribution in [0.5, 0.6) is 5.75 Å². The molecule has 9 heteroatoms. The Morgan fingerprint density at radius 1 is 0.944 bits per heavy atom. The molecule has 0 aliphatic carbocycles. The highest BCUT2D eigenvalue weighted by molar-refractivity contribution is 6.07. The van der Waals surface area contributed by atoms with E-state index >= 15 is 0 Å². The van der Waals surface area contributed by atoms with Crippen molar-refractivity contribution >= 4 is 29.1 Å². The minimum Gasteiger partial charge on any atom is -0.435 e. The van der Waals surface area contributed by atoms with E-state index in [1.807, 2.05) is 13.8 Å². The zero-order valence-electron chi connectivity index (χ0n) is 19.6. The summed E-state index contributed by atoms with van der Waals surface area (Å²) >= 11 is 0. The van der Waals surface area contributed by atoms with Crippen LogP contribution in [-0.2, 0) is 4.79 Å². The third-order valence-electron chi connectivity index (χ3n) is 5.38. The van der Waals surface area contributed by atoms with E-state index in [9.17, 15) is 28.5 Å². The molecule has 0 fully saturated rings. The molecule has 3 rings (SSSR count). The van der Waals surface area contributed by atoms with Crippen LogP contribution in [0.15, 0.2) is 78.9 Å². The number of alkyl halides is 2. The van der Waals surface area contributed by atoms with E-state index in [2.05, 4.69) is 10.1 Å². The molecule has 0 aromatic heterocycles. The number of nitrogens with one attached hydrogen (secondary N) is 1. The Labute approximate surface area is 206 Å². The molecular formula is C27H24F2N2O5. The van der Waals surface area contributed by atoms with Gasteiger partial charge in [0.2, 0.25) is 5.91 Å². The topological polar surface area (TPSA) is 98.5 Å². The van der Waals surface area contributed by atoms with Crippen molar-refractivity contribution in [3.8, 4) is 5.75 Å². The van der Waals surface area contributed by atoms with E-state index in [4.69, 9.17) is 0 Å². The predicted molar refractivity (Wildman–Crippen MR) is 132 cm³/mol. The average molecular weight is 494 g/mol. The van der Waals surface area contributed by atoms with Crippen LogP contribution in [0.2, 0.25) is 0 Å². The molecule has 0 aliphatic heterocycles. The van der Waals surface area contributed by atoms with Crippen LogP contribution in [0.3, 0.4) is 0 Å². The number of allylic oxidation sites excluding steroid dienone is 1. The molecule has 3 aromatic carbocycles. The fourth-order valence-electron chi connectivity index (χ4n) is 3.61. The normalized spacial score (nSPS) is 12.1. The highest BCUT2D eigenvalue weighted by Crippen LogP contribution is 2.28. The number of nitrogens with zero attached hydrogens (tertiary/aromatic N) is 1. The number of hydrogen-bond donors (Lipinski definition) is 1. The number of benzene rings is 3. The number of non-ortho nitro benzene ring substituents is 1. The van der Waals surface area contributed by atoms with Gasteiger partial charge in [0, 0.05) is 23.4 Å². The Kier molecular flexibility index (Phi) is 8.61. The number of hydrogen-bond acceptors (Lipinski definition) is 5. The van der Waals surface area contributed by atoms with E-state index < -0.39 is 17.5 Å². The van der Waals surface area contributed by atoms with Crippen molar-refractivity contribution in [3.05, 3.63) is 106 Å². The van der Waals surface area contributed by atoms with E-state index in [0.29, 0.717) is 22.4 Å². The Morgan fingerprint density at radius 3 is 2.08 bits per heavy atom. The molecule has 1 amide bonds. The first-order chi connectivity index (χ1) is 17.1. The first-order valence-electron chi connectivity index (χ1n) is 11.1. The van der Waals surface area contributed by atoms with E-state index in [-0.39, 0.29) is 29.0 Å². The van der Waals surface area contributed by atoms with Gasteiger partial charge in [-0.3, -0.25) is 19.7 Å². The standard InChI is InChI=1S/C27H24F2N2O5/c1-17(2)25(20-8-14-23(15-9-20)36-27(28)29)26(33)30-21-10-6-19(7-11-21)24(32)16-5-18-3-12-22(13-4-18)31(34)35/h3-17,25,27H,1-2H3,(H,30,33)/b16-5+. The molecule has 0 spiro atoms. The smallest absolute Gasteiger partial charge is 0.387 e. The van der Waals surface area contributed by atoms with Gasteiger partial charge in [0.05, 0.1) is 10.8 Å². The molecule has 1 unspecified atom stereocenters. The zero-order valence-corrected chi connectivity index (χ0v) is 19.6. The lowest BCUT2D eigenvalue weighted by atomic mass is 9.87. The molecule has 0 saturated carbocycles. The number of halogens is 2. The summed E-state index contributed by atoms with van der Waals surface area (Å²) in [6.45, 7) is 0.840. The molecule has 36 heavy (non-hydrogen) atoms. The Balaban J connectivity index is 1.65. The Hall–Kier alpha value is -4.40. The molecule has 1 atom stereocenters. The van der Waals surface area contributed by atoms with Crippen LogP contribution >= 0.6 is 0 Å². The van der Waals surface area contributed by atoms with Gasteiger partial charge in [-0.2, -0.15) is 8.78 Å². The second-order valence-electron chi connectivity index (χ2n) is 8.28. The van der Waals surface area contributed by atoms with Crippen LogP contribution in [0.1, 0.15) is 41.3 Å². The van der Waals surface area contributed by atoms with Gasteiger partial charge in [-0.25, -0.2) is 0 Å². The maximum Gasteiger partial charge on any atom is 0.387 e. The molecule has 7 nitrogen and oxygen atoms in total. The van der Waals surface area contributed by atoms with Gasteiger partial charge in [0.15, 0.2) is 5.78 Å². The van der Waals surface area contributed by atoms with Gasteiger partial charge in [-0.05, 0) is 71.7 Å². The second-order valence-corrected chi connectivity index (χ2v) is 8.28. The van der Waals surface area contributed by atoms with Gasteiger partial charge < -0.3 is 10.1 Å². The van der Waals surface area contributed by atoms with Gasteiger partial charge in [0.25, 0.3) is 5.69 Å². The lowest BCUT2D eigenvalue weighted by molar-refractivity contribution is -0.384. The third kappa shape index (κ3) is 7.05. The van der Waals surface area contributed by atoms with Crippen molar-refractivity contribution in [3.63, 3.8) is 0 Å². The average Bonchev–Trinajstić information content (AvgIpc) is 2.84. The van der Waals surface area contributed by atoms with Crippen molar-refractivity contribution in [2.45, 2.75) is 26.4 Å². The number of amides is 1. The minimum atomic E-state index is -2.92. The molecule has 0 bridgehead atoms. The van der Waals surface area contributed by atoms with E-state index in [1.54, 1.807) is 54.6 Å². The lowest BCUT2D eigenvalue weighted by Gasteiger charge is -2.21. The number of ketones is 1. The largest absolute Gasteiger partial charge is 0.435 e. The monoisotopic (exact) mass is 494 g/mol. The molecule has 0 aliphatic rings. The number of nitro benzene ring substituents is 1. The first kappa shape index (κ1) is 26.2. The van der Waals surface area contributed by atoms with Gasteiger partial charge in [-0.15, -0.1) is 0 Å². The number of ether oxygens (including phenoxy) is 1. The van der Waals surface area contributed by atoms with E-state index in [0.717, 1.165) is 0 Å². The summed E-state index contributed by atoms with van der Waals surface area (Å²) in [5.41, 5.74) is 2.17. The lowest BCUT2D eigenvalue weighted by Crippen LogP contribution is -2.25. The van der Waals surface area contributed by atoms with Gasteiger partial charge in [-0.1, -0.05) is 32.1 Å². The van der Waals surface area contributed by atoms with E-state index in [1.165, 1.54) is 30.3 Å². The van der Waals surface area contributed by atoms with Crippen molar-refractivity contribution in [1.82, 2.24) is 0 Å². The summed E-state index contributed by atoms with van der Waals surface area (Å²) in [7, 11) is 0. The summed E-state index contributed by atoms with van der Waals surface area (Å²) in [6.07, 6.45) is 2.93. The van der Waals surface area contributed by atoms with Crippen molar-refractivity contribution in [2.75, 3.05) is 5.32 Å². The SMILES string of the molecule is CC(C)C(C(=O)Nc1ccc(C(=O)/C=C/c2ccc([N+](=O)[O-])cc2)cc1)c1ccc(OC(F)F)cc1. The number of nitro groups is 1. The number of carbonyl (C=O) groups is 2. The highest BCUT2D eigenvalue weighted by atomic mass is 19.3. The number of rotatable bonds is 10. The third-order valence-corrected chi connectivity index (χ3v) is 5.38. The van der Waals surface area contributed by atoms with Crippen LogP contribution < -0.4 is 10.1 Å². The summed E-state index contributed by atoms with van der Waals surface area (Å²) in [4.78, 5) is 35.7. The fraction of sp³-hybridized carbons (Fsp3) is 0.185. The minimum absolute atomic E-state index is 0.0135. The zero-order chi connectivity index (χ0) is 26.2. The molecule has 0 heterocycles. The van der Waals surface area contributed by atoms with Crippen LogP contribution in [-0.4, -0.2) is 23.2 Å². The van der Waals surface area contributed by atoms with Gasteiger partial charge >= 0.3 is 6.61 Å². The van der Waals surface area contributed by atoms with Gasteiger partial charge in [0.1, 0.15) is 5.75 Å². The molecule has 186 valence electrons. The number of anilines is 1. The quantitative estimate of drug-likeness (QED) is 0.151. The maximum atomic E-state index is 13.0. The predicted octanol–water partition coefficient (Wildman–Crippen LogP) is 6.47. The summed E-state index contributed by atoms with van der Waals surface area (Å²) in [6, 6.07) is 18.2. The summed E-state index contributed by atoms with van der Waals surface area (Å²) in [5.74, 6) is -1.13. The van der Waals surface area contributed by atoms with Crippen molar-refractivity contribution in [2.24, 2.45) is 5.92 Å². The highest BCUT2D eigenvalue weighted by Gasteiger charge is 2.24. The fourth-order valence-corrected chi connectivity index (χ4v) is 3.61.